The molecule has 1 N–H and O–H groups in total. The second kappa shape index (κ2) is 5.61. The lowest BCUT2D eigenvalue weighted by Gasteiger charge is -2.12. The van der Waals surface area contributed by atoms with Crippen LogP contribution in [0.2, 0.25) is 0 Å². The van der Waals surface area contributed by atoms with Crippen LogP contribution in [-0.4, -0.2) is 17.7 Å². The van der Waals surface area contributed by atoms with Crippen LogP contribution in [0, 0.1) is 0 Å². The van der Waals surface area contributed by atoms with E-state index in [-0.39, 0.29) is 11.9 Å². The number of alkyl halides is 1. The molecule has 4 heteroatoms. The SMILES string of the molecule is C=C1SCCC1NC(=O)c1ccc(CCl)cc1. The number of carbonyl (C=O) groups is 1. The zero-order valence-electron chi connectivity index (χ0n) is 9.41. The molecular weight excluding hydrogens is 254 g/mol. The zero-order chi connectivity index (χ0) is 12.3. The first-order valence-electron chi connectivity index (χ1n) is 5.48. The maximum atomic E-state index is 12.0. The Kier molecular flexibility index (Phi) is 4.13. The number of benzene rings is 1. The molecule has 0 saturated carbocycles. The molecule has 1 fully saturated rings. The van der Waals surface area contributed by atoms with Gasteiger partial charge < -0.3 is 5.32 Å². The molecule has 17 heavy (non-hydrogen) atoms. The van der Waals surface area contributed by atoms with Gasteiger partial charge in [-0.2, -0.15) is 0 Å². The summed E-state index contributed by atoms with van der Waals surface area (Å²) < 4.78 is 0. The van der Waals surface area contributed by atoms with Crippen molar-refractivity contribution in [3.8, 4) is 0 Å². The maximum absolute atomic E-state index is 12.0. The van der Waals surface area contributed by atoms with E-state index in [0.717, 1.165) is 22.6 Å². The summed E-state index contributed by atoms with van der Waals surface area (Å²) in [4.78, 5) is 13.0. The Hall–Kier alpha value is -0.930. The molecule has 2 rings (SSSR count). The van der Waals surface area contributed by atoms with Gasteiger partial charge in [0.15, 0.2) is 0 Å². The number of hydrogen-bond donors (Lipinski definition) is 1. The van der Waals surface area contributed by atoms with E-state index in [4.69, 9.17) is 11.6 Å². The summed E-state index contributed by atoms with van der Waals surface area (Å²) in [5, 5.41) is 2.99. The molecule has 0 aliphatic carbocycles. The quantitative estimate of drug-likeness (QED) is 0.853. The van der Waals surface area contributed by atoms with E-state index in [1.807, 2.05) is 12.1 Å². The van der Waals surface area contributed by atoms with E-state index >= 15 is 0 Å². The van der Waals surface area contributed by atoms with Gasteiger partial charge in [0.25, 0.3) is 5.91 Å². The minimum atomic E-state index is -0.0419. The zero-order valence-corrected chi connectivity index (χ0v) is 11.0. The molecule has 0 bridgehead atoms. The molecule has 2 nitrogen and oxygen atoms in total. The highest BCUT2D eigenvalue weighted by Gasteiger charge is 2.21. The van der Waals surface area contributed by atoms with Crippen LogP contribution in [0.1, 0.15) is 22.3 Å². The third kappa shape index (κ3) is 3.05. The Morgan fingerprint density at radius 3 is 2.71 bits per heavy atom. The Morgan fingerprint density at radius 1 is 1.47 bits per heavy atom. The van der Waals surface area contributed by atoms with Crippen LogP contribution < -0.4 is 5.32 Å². The van der Waals surface area contributed by atoms with Gasteiger partial charge in [0.05, 0.1) is 6.04 Å². The summed E-state index contributed by atoms with van der Waals surface area (Å²) >= 11 is 7.42. The molecule has 90 valence electrons. The molecule has 0 radical (unpaired) electrons. The van der Waals surface area contributed by atoms with E-state index in [1.54, 1.807) is 23.9 Å². The standard InChI is InChI=1S/C13H14ClNOS/c1-9-12(6-7-17-9)15-13(16)11-4-2-10(8-14)3-5-11/h2-5,12H,1,6-8H2,(H,15,16). The number of rotatable bonds is 3. The highest BCUT2D eigenvalue weighted by Crippen LogP contribution is 2.29. The van der Waals surface area contributed by atoms with E-state index in [2.05, 4.69) is 11.9 Å². The van der Waals surface area contributed by atoms with Crippen molar-refractivity contribution in [2.75, 3.05) is 5.75 Å². The summed E-state index contributed by atoms with van der Waals surface area (Å²) in [6.45, 7) is 3.94. The average Bonchev–Trinajstić information content (AvgIpc) is 2.75. The minimum Gasteiger partial charge on any atom is -0.345 e. The number of halogens is 1. The Balaban J connectivity index is 2.01. The summed E-state index contributed by atoms with van der Waals surface area (Å²) in [5.41, 5.74) is 1.69. The van der Waals surface area contributed by atoms with E-state index < -0.39 is 0 Å². The van der Waals surface area contributed by atoms with Gasteiger partial charge in [-0.05, 0) is 24.1 Å². The number of carbonyl (C=O) groups excluding carboxylic acids is 1. The lowest BCUT2D eigenvalue weighted by molar-refractivity contribution is 0.0944. The first-order valence-corrected chi connectivity index (χ1v) is 7.00. The highest BCUT2D eigenvalue weighted by atomic mass is 35.5. The van der Waals surface area contributed by atoms with Crippen molar-refractivity contribution in [1.29, 1.82) is 0 Å². The molecule has 1 amide bonds. The lowest BCUT2D eigenvalue weighted by atomic mass is 10.1. The van der Waals surface area contributed by atoms with Crippen molar-refractivity contribution in [3.05, 3.63) is 46.9 Å². The van der Waals surface area contributed by atoms with Gasteiger partial charge in [-0.1, -0.05) is 18.7 Å². The molecule has 1 heterocycles. The van der Waals surface area contributed by atoms with Gasteiger partial charge in [-0.15, -0.1) is 23.4 Å². The largest absolute Gasteiger partial charge is 0.345 e. The van der Waals surface area contributed by atoms with E-state index in [0.29, 0.717) is 11.4 Å². The van der Waals surface area contributed by atoms with Crippen LogP contribution in [0.15, 0.2) is 35.7 Å². The number of amides is 1. The first kappa shape index (κ1) is 12.5. The Morgan fingerprint density at radius 2 is 2.18 bits per heavy atom. The predicted octanol–water partition coefficient (Wildman–Crippen LogP) is 3.17. The second-order valence-electron chi connectivity index (χ2n) is 3.96. The summed E-state index contributed by atoms with van der Waals surface area (Å²) in [6, 6.07) is 7.47. The second-order valence-corrected chi connectivity index (χ2v) is 5.45. The first-order chi connectivity index (χ1) is 8.20. The van der Waals surface area contributed by atoms with Crippen LogP contribution in [0.4, 0.5) is 0 Å². The van der Waals surface area contributed by atoms with Crippen molar-refractivity contribution in [2.45, 2.75) is 18.3 Å². The molecule has 1 atom stereocenters. The fourth-order valence-corrected chi connectivity index (χ4v) is 2.88. The van der Waals surface area contributed by atoms with Crippen molar-refractivity contribution in [3.63, 3.8) is 0 Å². The van der Waals surface area contributed by atoms with Crippen molar-refractivity contribution in [2.24, 2.45) is 0 Å². The molecule has 1 aliphatic rings. The predicted molar refractivity (Wildman–Crippen MR) is 73.5 cm³/mol. The monoisotopic (exact) mass is 267 g/mol. The third-order valence-electron chi connectivity index (χ3n) is 2.76. The van der Waals surface area contributed by atoms with E-state index in [1.165, 1.54) is 0 Å². The van der Waals surface area contributed by atoms with Crippen LogP contribution >= 0.6 is 23.4 Å². The number of nitrogens with one attached hydrogen (secondary N) is 1. The molecule has 1 saturated heterocycles. The molecule has 0 spiro atoms. The third-order valence-corrected chi connectivity index (χ3v) is 4.16. The van der Waals surface area contributed by atoms with Gasteiger partial charge in [-0.25, -0.2) is 0 Å². The topological polar surface area (TPSA) is 29.1 Å². The average molecular weight is 268 g/mol. The number of thioether (sulfide) groups is 1. The van der Waals surface area contributed by atoms with Gasteiger partial charge in [0.2, 0.25) is 0 Å². The molecule has 1 aromatic rings. The van der Waals surface area contributed by atoms with Crippen LogP contribution in [0.3, 0.4) is 0 Å². The lowest BCUT2D eigenvalue weighted by Crippen LogP contribution is -2.33. The van der Waals surface area contributed by atoms with Gasteiger partial charge >= 0.3 is 0 Å². The molecular formula is C13H14ClNOS. The normalized spacial score (nSPS) is 19.4. The summed E-state index contributed by atoms with van der Waals surface area (Å²) in [7, 11) is 0. The summed E-state index contributed by atoms with van der Waals surface area (Å²) in [6.07, 6.45) is 0.967. The number of hydrogen-bond acceptors (Lipinski definition) is 2. The fraction of sp³-hybridized carbons (Fsp3) is 0.308. The molecule has 0 aromatic heterocycles. The molecule has 1 aromatic carbocycles. The van der Waals surface area contributed by atoms with Crippen LogP contribution in [0.25, 0.3) is 0 Å². The highest BCUT2D eigenvalue weighted by molar-refractivity contribution is 8.03. The van der Waals surface area contributed by atoms with Crippen molar-refractivity contribution < 1.29 is 4.79 Å². The minimum absolute atomic E-state index is 0.0419. The molecule has 1 aliphatic heterocycles. The van der Waals surface area contributed by atoms with Crippen molar-refractivity contribution in [1.82, 2.24) is 5.32 Å². The smallest absolute Gasteiger partial charge is 0.251 e. The molecule has 1 unspecified atom stereocenters. The van der Waals surface area contributed by atoms with Gasteiger partial charge in [-0.3, -0.25) is 4.79 Å². The van der Waals surface area contributed by atoms with Gasteiger partial charge in [0.1, 0.15) is 0 Å². The van der Waals surface area contributed by atoms with Gasteiger partial charge in [0, 0.05) is 22.1 Å². The Bertz CT molecular complexity index is 430. The van der Waals surface area contributed by atoms with Crippen LogP contribution in [-0.2, 0) is 5.88 Å². The van der Waals surface area contributed by atoms with E-state index in [9.17, 15) is 4.79 Å². The van der Waals surface area contributed by atoms with Crippen LogP contribution in [0.5, 0.6) is 0 Å². The maximum Gasteiger partial charge on any atom is 0.251 e. The fourth-order valence-electron chi connectivity index (χ4n) is 1.71. The Labute approximate surface area is 110 Å². The summed E-state index contributed by atoms with van der Waals surface area (Å²) in [5.74, 6) is 1.47. The van der Waals surface area contributed by atoms with Crippen molar-refractivity contribution >= 4 is 29.3 Å².